The molecule has 0 spiro atoms. The van der Waals surface area contributed by atoms with Gasteiger partial charge in [-0.1, -0.05) is 0 Å². The maximum Gasteiger partial charge on any atom is 0.250 e. The lowest BCUT2D eigenvalue weighted by atomic mass is 10.1. The van der Waals surface area contributed by atoms with Gasteiger partial charge in [0.25, 0.3) is 14.7 Å². The van der Waals surface area contributed by atoms with Crippen molar-refractivity contribution in [1.82, 2.24) is 0 Å². The van der Waals surface area contributed by atoms with E-state index in [9.17, 15) is 0 Å². The molecule has 0 saturated carbocycles. The first-order valence-corrected chi connectivity index (χ1v) is 24.0. The molecule has 3 aromatic rings. The second kappa shape index (κ2) is 18.5. The number of ether oxygens (including phenoxy) is 9. The van der Waals surface area contributed by atoms with Gasteiger partial charge in [0.1, 0.15) is 78.6 Å². The standard InChI is InChI=1S/C54H87O9S/c1-46(2,3)55-34-28-37(58-49(10,11)12)43(38(29-34)59-50(13,14)15)64(44-39(60-51(16,17)18)30-35(56-47(4,5)6)31-40(44)61-52(19,20)21)45-41(62-53(22,23)24)32-36(57-48(7,8)9)33-42(45)63-54(25,26)27/h28-33H,1-27H3/q+1. The molecular formula is C54H87O9S+. The quantitative estimate of drug-likeness (QED) is 0.165. The summed E-state index contributed by atoms with van der Waals surface area (Å²) in [5.41, 5.74) is -5.58. The highest BCUT2D eigenvalue weighted by Gasteiger charge is 2.50. The van der Waals surface area contributed by atoms with E-state index in [1.165, 1.54) is 0 Å². The van der Waals surface area contributed by atoms with Gasteiger partial charge in [0, 0.05) is 36.4 Å². The van der Waals surface area contributed by atoms with Crippen molar-refractivity contribution in [3.63, 3.8) is 0 Å². The first-order chi connectivity index (χ1) is 28.3. The summed E-state index contributed by atoms with van der Waals surface area (Å²) in [6.07, 6.45) is 0. The van der Waals surface area contributed by atoms with E-state index >= 15 is 0 Å². The Morgan fingerprint density at radius 2 is 0.344 bits per heavy atom. The molecule has 0 fully saturated rings. The van der Waals surface area contributed by atoms with E-state index in [1.54, 1.807) is 0 Å². The van der Waals surface area contributed by atoms with E-state index in [4.69, 9.17) is 42.6 Å². The molecule has 0 aliphatic carbocycles. The van der Waals surface area contributed by atoms with E-state index < -0.39 is 61.3 Å². The Bertz CT molecular complexity index is 1710. The number of benzene rings is 3. The van der Waals surface area contributed by atoms with Crippen molar-refractivity contribution in [1.29, 1.82) is 0 Å². The largest absolute Gasteiger partial charge is 0.488 e. The summed E-state index contributed by atoms with van der Waals surface area (Å²) in [6.45, 7) is 55.0. The molecule has 3 aromatic carbocycles. The van der Waals surface area contributed by atoms with Crippen LogP contribution in [0.1, 0.15) is 187 Å². The van der Waals surface area contributed by atoms with Gasteiger partial charge in [0.15, 0.2) is 34.5 Å². The van der Waals surface area contributed by atoms with Crippen LogP contribution in [0.25, 0.3) is 0 Å². The molecule has 0 N–H and O–H groups in total. The Morgan fingerprint density at radius 3 is 0.453 bits per heavy atom. The Hall–Kier alpha value is -3.79. The fourth-order valence-corrected chi connectivity index (χ4v) is 8.66. The van der Waals surface area contributed by atoms with E-state index in [0.29, 0.717) is 51.7 Å². The monoisotopic (exact) mass is 912 g/mol. The molecule has 9 nitrogen and oxygen atoms in total. The third-order valence-corrected chi connectivity index (χ3v) is 9.80. The van der Waals surface area contributed by atoms with Crippen molar-refractivity contribution in [2.45, 2.75) is 252 Å². The van der Waals surface area contributed by atoms with E-state index in [-0.39, 0.29) is 0 Å². The lowest BCUT2D eigenvalue weighted by molar-refractivity contribution is 0.105. The Balaban J connectivity index is 3.03. The molecule has 3 rings (SSSR count). The summed E-state index contributed by atoms with van der Waals surface area (Å²) in [6, 6.07) is 11.8. The van der Waals surface area contributed by atoms with Crippen LogP contribution in [0.5, 0.6) is 51.7 Å². The smallest absolute Gasteiger partial charge is 0.250 e. The van der Waals surface area contributed by atoms with Gasteiger partial charge in [-0.3, -0.25) is 0 Å². The molecule has 0 aliphatic heterocycles. The molecule has 362 valence electrons. The first kappa shape index (κ1) is 54.5. The minimum atomic E-state index is -1.30. The molecule has 0 radical (unpaired) electrons. The van der Waals surface area contributed by atoms with Crippen LogP contribution < -0.4 is 42.6 Å². The van der Waals surface area contributed by atoms with Gasteiger partial charge in [-0.25, -0.2) is 0 Å². The molecule has 0 saturated heterocycles. The lowest BCUT2D eigenvalue weighted by Crippen LogP contribution is -2.31. The van der Waals surface area contributed by atoms with Gasteiger partial charge in [-0.15, -0.1) is 0 Å². The van der Waals surface area contributed by atoms with Gasteiger partial charge < -0.3 is 42.6 Å². The summed E-state index contributed by atoms with van der Waals surface area (Å²) in [5.74, 6) is 5.08. The molecule has 0 aromatic heterocycles. The summed E-state index contributed by atoms with van der Waals surface area (Å²) in [7, 11) is -1.30. The van der Waals surface area contributed by atoms with Crippen LogP contribution in [-0.4, -0.2) is 50.4 Å². The van der Waals surface area contributed by atoms with Crippen molar-refractivity contribution < 1.29 is 42.6 Å². The average Bonchev–Trinajstić information content (AvgIpc) is 2.92. The zero-order chi connectivity index (χ0) is 49.6. The third kappa shape index (κ3) is 18.6. The van der Waals surface area contributed by atoms with Gasteiger partial charge in [0.05, 0.1) is 0 Å². The van der Waals surface area contributed by atoms with Gasteiger partial charge in [0.2, 0.25) is 0 Å². The van der Waals surface area contributed by atoms with Crippen LogP contribution in [0.3, 0.4) is 0 Å². The van der Waals surface area contributed by atoms with Crippen molar-refractivity contribution in [3.8, 4) is 51.7 Å². The Morgan fingerprint density at radius 1 is 0.219 bits per heavy atom. The molecule has 0 heterocycles. The molecule has 0 aliphatic rings. The van der Waals surface area contributed by atoms with Gasteiger partial charge >= 0.3 is 0 Å². The molecular weight excluding hydrogens is 825 g/mol. The van der Waals surface area contributed by atoms with Crippen molar-refractivity contribution >= 4 is 10.9 Å². The molecule has 0 unspecified atom stereocenters. The van der Waals surface area contributed by atoms with Crippen LogP contribution in [0.4, 0.5) is 0 Å². The second-order valence-corrected chi connectivity index (χ2v) is 27.3. The van der Waals surface area contributed by atoms with E-state index in [2.05, 4.69) is 0 Å². The second-order valence-electron chi connectivity index (χ2n) is 25.5. The number of hydrogen-bond donors (Lipinski definition) is 0. The van der Waals surface area contributed by atoms with Crippen LogP contribution in [0.15, 0.2) is 51.1 Å². The van der Waals surface area contributed by atoms with Gasteiger partial charge in [-0.2, -0.15) is 0 Å². The topological polar surface area (TPSA) is 83.1 Å². The summed E-state index contributed by atoms with van der Waals surface area (Å²) < 4.78 is 62.8. The maximum absolute atomic E-state index is 7.14. The molecule has 10 heteroatoms. The minimum absolute atomic E-state index is 0.532. The fraction of sp³-hybridized carbons (Fsp3) is 0.667. The molecule has 0 amide bonds. The highest BCUT2D eigenvalue weighted by Crippen LogP contribution is 2.58. The Labute approximate surface area is 392 Å². The minimum Gasteiger partial charge on any atom is -0.488 e. The normalized spacial score (nSPS) is 13.7. The Kier molecular flexibility index (Phi) is 15.7. The highest BCUT2D eigenvalue weighted by molar-refractivity contribution is 7.97. The SMILES string of the molecule is CC(C)(C)Oc1cc(OC(C)(C)C)c([S+](c2c(OC(C)(C)C)cc(OC(C)(C)C)cc2OC(C)(C)C)c2c(OC(C)(C)C)cc(OC(C)(C)C)cc2OC(C)(C)C)c(OC(C)(C)C)c1. The molecule has 0 bridgehead atoms. The number of rotatable bonds is 12. The average molecular weight is 912 g/mol. The van der Waals surface area contributed by atoms with E-state index in [0.717, 1.165) is 14.7 Å². The zero-order valence-corrected chi connectivity index (χ0v) is 45.9. The van der Waals surface area contributed by atoms with Gasteiger partial charge in [-0.05, 0) is 187 Å². The van der Waals surface area contributed by atoms with Crippen molar-refractivity contribution in [2.24, 2.45) is 0 Å². The van der Waals surface area contributed by atoms with Crippen molar-refractivity contribution in [3.05, 3.63) is 36.4 Å². The molecule has 0 atom stereocenters. The highest BCUT2D eigenvalue weighted by atomic mass is 32.2. The van der Waals surface area contributed by atoms with Crippen LogP contribution in [0, 0.1) is 0 Å². The summed E-state index contributed by atoms with van der Waals surface area (Å²) in [5, 5.41) is 0. The van der Waals surface area contributed by atoms with Crippen molar-refractivity contribution in [2.75, 3.05) is 0 Å². The third-order valence-electron chi connectivity index (χ3n) is 7.36. The fourth-order valence-electron chi connectivity index (χ4n) is 6.24. The first-order valence-electron chi connectivity index (χ1n) is 22.8. The summed E-state index contributed by atoms with van der Waals surface area (Å²) >= 11 is 0. The van der Waals surface area contributed by atoms with Crippen LogP contribution in [0.2, 0.25) is 0 Å². The zero-order valence-electron chi connectivity index (χ0n) is 45.0. The number of hydrogen-bond acceptors (Lipinski definition) is 9. The lowest BCUT2D eigenvalue weighted by Gasteiger charge is -2.32. The predicted octanol–water partition coefficient (Wildman–Crippen LogP) is 15.4. The van der Waals surface area contributed by atoms with Crippen LogP contribution >= 0.6 is 0 Å². The molecule has 64 heavy (non-hydrogen) atoms. The van der Waals surface area contributed by atoms with Crippen LogP contribution in [-0.2, 0) is 10.9 Å². The van der Waals surface area contributed by atoms with E-state index in [1.807, 2.05) is 223 Å². The summed E-state index contributed by atoms with van der Waals surface area (Å²) in [4.78, 5) is 2.15. The predicted molar refractivity (Wildman–Crippen MR) is 265 cm³/mol. The maximum atomic E-state index is 7.14.